The predicted octanol–water partition coefficient (Wildman–Crippen LogP) is -0.715. The van der Waals surface area contributed by atoms with Crippen molar-refractivity contribution in [1.29, 1.82) is 0 Å². The number of hydrogen-bond acceptors (Lipinski definition) is 5. The maximum absolute atomic E-state index is 11.6. The molecule has 0 aliphatic carbocycles. The highest BCUT2D eigenvalue weighted by Crippen LogP contribution is 2.14. The van der Waals surface area contributed by atoms with Crippen LogP contribution in [-0.2, 0) is 14.3 Å². The van der Waals surface area contributed by atoms with Gasteiger partial charge in [0.2, 0.25) is 0 Å². The molecule has 2 heterocycles. The molecule has 5 heteroatoms. The first-order valence-electron chi connectivity index (χ1n) is 5.85. The lowest BCUT2D eigenvalue weighted by Gasteiger charge is -2.34. The van der Waals surface area contributed by atoms with Crippen LogP contribution in [0, 0.1) is 5.92 Å². The lowest BCUT2D eigenvalue weighted by Crippen LogP contribution is -2.48. The number of ketones is 1. The van der Waals surface area contributed by atoms with Crippen LogP contribution < -0.4 is 0 Å². The van der Waals surface area contributed by atoms with Crippen molar-refractivity contribution in [1.82, 2.24) is 4.90 Å². The number of rotatable bonds is 3. The van der Waals surface area contributed by atoms with E-state index in [2.05, 4.69) is 4.90 Å². The highest BCUT2D eigenvalue weighted by atomic mass is 16.5. The fraction of sp³-hybridized carbons (Fsp3) is 0.909. The summed E-state index contributed by atoms with van der Waals surface area (Å²) in [6.07, 6.45) is 0.437. The first-order chi connectivity index (χ1) is 7.79. The van der Waals surface area contributed by atoms with Crippen molar-refractivity contribution in [2.45, 2.75) is 12.5 Å². The van der Waals surface area contributed by atoms with Crippen molar-refractivity contribution < 1.29 is 19.4 Å². The number of aliphatic hydroxyl groups is 1. The molecule has 0 radical (unpaired) electrons. The van der Waals surface area contributed by atoms with Gasteiger partial charge in [-0.3, -0.25) is 9.69 Å². The molecule has 2 fully saturated rings. The molecule has 0 aromatic carbocycles. The van der Waals surface area contributed by atoms with Gasteiger partial charge in [-0.15, -0.1) is 0 Å². The normalized spacial score (nSPS) is 32.9. The summed E-state index contributed by atoms with van der Waals surface area (Å²) in [6, 6.07) is 0. The molecule has 2 atom stereocenters. The number of hydrogen-bond donors (Lipinski definition) is 1. The summed E-state index contributed by atoms with van der Waals surface area (Å²) >= 11 is 0. The second-order valence-corrected chi connectivity index (χ2v) is 4.42. The number of morpholine rings is 1. The molecular formula is C11H19NO4. The zero-order valence-corrected chi connectivity index (χ0v) is 9.43. The zero-order valence-electron chi connectivity index (χ0n) is 9.43. The van der Waals surface area contributed by atoms with Crippen LogP contribution in [0.3, 0.4) is 0 Å². The molecule has 0 spiro atoms. The van der Waals surface area contributed by atoms with Crippen LogP contribution in [0.2, 0.25) is 0 Å². The van der Waals surface area contributed by atoms with Gasteiger partial charge in [0.15, 0.2) is 0 Å². The van der Waals surface area contributed by atoms with Gasteiger partial charge in [-0.05, 0) is 0 Å². The number of ether oxygens (including phenoxy) is 2. The summed E-state index contributed by atoms with van der Waals surface area (Å²) < 4.78 is 10.7. The summed E-state index contributed by atoms with van der Waals surface area (Å²) in [6.45, 7) is 4.07. The average molecular weight is 229 g/mol. The fourth-order valence-corrected chi connectivity index (χ4v) is 2.22. The monoisotopic (exact) mass is 229 g/mol. The van der Waals surface area contributed by atoms with E-state index in [4.69, 9.17) is 14.6 Å². The quantitative estimate of drug-likeness (QED) is 0.692. The van der Waals surface area contributed by atoms with Crippen LogP contribution in [0.15, 0.2) is 0 Å². The lowest BCUT2D eigenvalue weighted by atomic mass is 9.99. The molecule has 2 aliphatic rings. The molecule has 0 aromatic rings. The molecule has 2 saturated heterocycles. The van der Waals surface area contributed by atoms with Crippen molar-refractivity contribution in [2.24, 2.45) is 5.92 Å². The van der Waals surface area contributed by atoms with Crippen molar-refractivity contribution >= 4 is 5.78 Å². The van der Waals surface area contributed by atoms with Gasteiger partial charge in [0.1, 0.15) is 5.78 Å². The molecule has 5 nitrogen and oxygen atoms in total. The van der Waals surface area contributed by atoms with Gasteiger partial charge >= 0.3 is 0 Å². The van der Waals surface area contributed by atoms with Gasteiger partial charge in [-0.25, -0.2) is 0 Å². The average Bonchev–Trinajstić information content (AvgIpc) is 2.32. The molecule has 92 valence electrons. The zero-order chi connectivity index (χ0) is 11.4. The van der Waals surface area contributed by atoms with E-state index in [0.717, 1.165) is 13.1 Å². The standard InChI is InChI=1S/C11H19NO4/c13-7-10-6-12(2-4-16-10)5-9-8-15-3-1-11(9)14/h9-10,13H,1-8H2. The highest BCUT2D eigenvalue weighted by molar-refractivity contribution is 5.82. The van der Waals surface area contributed by atoms with E-state index in [-0.39, 0.29) is 18.6 Å². The van der Waals surface area contributed by atoms with E-state index in [0.29, 0.717) is 38.6 Å². The third-order valence-corrected chi connectivity index (χ3v) is 3.17. The van der Waals surface area contributed by atoms with E-state index >= 15 is 0 Å². The number of nitrogens with zero attached hydrogens (tertiary/aromatic N) is 1. The third kappa shape index (κ3) is 3.01. The van der Waals surface area contributed by atoms with Crippen LogP contribution in [0.4, 0.5) is 0 Å². The third-order valence-electron chi connectivity index (χ3n) is 3.17. The minimum absolute atomic E-state index is 0.00573. The van der Waals surface area contributed by atoms with Crippen LogP contribution in [-0.4, -0.2) is 68.0 Å². The molecule has 1 N–H and O–H groups in total. The van der Waals surface area contributed by atoms with Crippen molar-refractivity contribution in [3.05, 3.63) is 0 Å². The second-order valence-electron chi connectivity index (χ2n) is 4.42. The summed E-state index contributed by atoms with van der Waals surface area (Å²) in [5.41, 5.74) is 0. The largest absolute Gasteiger partial charge is 0.394 e. The van der Waals surface area contributed by atoms with Crippen molar-refractivity contribution in [3.8, 4) is 0 Å². The van der Waals surface area contributed by atoms with Crippen LogP contribution in [0.1, 0.15) is 6.42 Å². The minimum atomic E-state index is -0.103. The summed E-state index contributed by atoms with van der Waals surface area (Å²) in [5.74, 6) is 0.310. The molecule has 0 saturated carbocycles. The number of carbonyl (C=O) groups excluding carboxylic acids is 1. The molecule has 2 unspecified atom stereocenters. The Labute approximate surface area is 95.3 Å². The van der Waals surface area contributed by atoms with Crippen LogP contribution in [0.25, 0.3) is 0 Å². The molecule has 0 bridgehead atoms. The van der Waals surface area contributed by atoms with Gasteiger partial charge < -0.3 is 14.6 Å². The van der Waals surface area contributed by atoms with Crippen molar-refractivity contribution in [2.75, 3.05) is 46.1 Å². The number of carbonyl (C=O) groups is 1. The Bertz CT molecular complexity index is 246. The van der Waals surface area contributed by atoms with E-state index in [1.54, 1.807) is 0 Å². The number of Topliss-reactive ketones (excluding diaryl/α,β-unsaturated/α-hetero) is 1. The fourth-order valence-electron chi connectivity index (χ4n) is 2.22. The summed E-state index contributed by atoms with van der Waals surface area (Å²) in [5, 5.41) is 9.02. The smallest absolute Gasteiger partial charge is 0.141 e. The Morgan fingerprint density at radius 2 is 2.31 bits per heavy atom. The molecule has 0 amide bonds. The van der Waals surface area contributed by atoms with Gasteiger partial charge in [0.25, 0.3) is 0 Å². The first-order valence-corrected chi connectivity index (χ1v) is 5.85. The Kier molecular flexibility index (Phi) is 4.29. The topological polar surface area (TPSA) is 59.0 Å². The van der Waals surface area contributed by atoms with Gasteiger partial charge in [-0.1, -0.05) is 0 Å². The lowest BCUT2D eigenvalue weighted by molar-refractivity contribution is -0.132. The van der Waals surface area contributed by atoms with E-state index in [1.165, 1.54) is 0 Å². The predicted molar refractivity (Wildman–Crippen MR) is 57.2 cm³/mol. The van der Waals surface area contributed by atoms with Gasteiger partial charge in [0.05, 0.1) is 38.4 Å². The van der Waals surface area contributed by atoms with E-state index in [1.807, 2.05) is 0 Å². The molecule has 16 heavy (non-hydrogen) atoms. The van der Waals surface area contributed by atoms with E-state index < -0.39 is 0 Å². The Morgan fingerprint density at radius 3 is 3.06 bits per heavy atom. The van der Waals surface area contributed by atoms with Crippen LogP contribution in [0.5, 0.6) is 0 Å². The number of aliphatic hydroxyl groups excluding tert-OH is 1. The molecular weight excluding hydrogens is 210 g/mol. The highest BCUT2D eigenvalue weighted by Gasteiger charge is 2.27. The molecule has 0 aromatic heterocycles. The summed E-state index contributed by atoms with van der Waals surface area (Å²) in [7, 11) is 0. The maximum Gasteiger partial charge on any atom is 0.141 e. The Balaban J connectivity index is 1.81. The first kappa shape index (κ1) is 12.0. The SMILES string of the molecule is O=C1CCOCC1CN1CCOC(CO)C1. The Morgan fingerprint density at radius 1 is 1.44 bits per heavy atom. The maximum atomic E-state index is 11.6. The summed E-state index contributed by atoms with van der Waals surface area (Å²) in [4.78, 5) is 13.8. The van der Waals surface area contributed by atoms with Gasteiger partial charge in [0, 0.05) is 26.1 Å². The molecule has 2 aliphatic heterocycles. The van der Waals surface area contributed by atoms with Crippen LogP contribution >= 0.6 is 0 Å². The van der Waals surface area contributed by atoms with E-state index in [9.17, 15) is 4.79 Å². The Hall–Kier alpha value is -0.490. The second kappa shape index (κ2) is 5.72. The minimum Gasteiger partial charge on any atom is -0.394 e. The van der Waals surface area contributed by atoms with Gasteiger partial charge in [-0.2, -0.15) is 0 Å². The van der Waals surface area contributed by atoms with Crippen molar-refractivity contribution in [3.63, 3.8) is 0 Å². The molecule has 2 rings (SSSR count).